The molecule has 4 nitrogen and oxygen atoms in total. The molecule has 1 amide bonds. The number of benzene rings is 2. The summed E-state index contributed by atoms with van der Waals surface area (Å²) < 4.78 is 10.8. The maximum absolute atomic E-state index is 12.2. The second kappa shape index (κ2) is 7.38. The fraction of sp³-hybridized carbons (Fsp3) is 0.188. The van der Waals surface area contributed by atoms with Crippen LogP contribution in [0, 0.1) is 0 Å². The van der Waals surface area contributed by atoms with Gasteiger partial charge in [-0.3, -0.25) is 4.79 Å². The van der Waals surface area contributed by atoms with Crippen LogP contribution in [0.4, 0.5) is 5.69 Å². The van der Waals surface area contributed by atoms with Gasteiger partial charge in [0.1, 0.15) is 0 Å². The van der Waals surface area contributed by atoms with E-state index >= 15 is 0 Å². The first-order valence-corrected chi connectivity index (χ1v) is 7.32. The van der Waals surface area contributed by atoms with Crippen molar-refractivity contribution in [3.05, 3.63) is 52.5 Å². The summed E-state index contributed by atoms with van der Waals surface area (Å²) in [6.07, 6.45) is -0.714. The first-order valence-electron chi connectivity index (χ1n) is 6.56. The van der Waals surface area contributed by atoms with Gasteiger partial charge in [-0.15, -0.1) is 0 Å². The van der Waals surface area contributed by atoms with Crippen molar-refractivity contribution >= 4 is 34.8 Å². The van der Waals surface area contributed by atoms with E-state index in [-0.39, 0.29) is 5.91 Å². The Morgan fingerprint density at radius 2 is 1.68 bits per heavy atom. The van der Waals surface area contributed by atoms with Crippen molar-refractivity contribution in [3.8, 4) is 11.5 Å². The third kappa shape index (κ3) is 4.29. The molecular formula is C16H15Cl2NO3. The molecule has 6 heteroatoms. The Bertz CT molecular complexity index is 656. The van der Waals surface area contributed by atoms with Crippen LogP contribution >= 0.6 is 23.2 Å². The van der Waals surface area contributed by atoms with Gasteiger partial charge in [0.05, 0.1) is 7.11 Å². The molecule has 0 radical (unpaired) electrons. The highest BCUT2D eigenvalue weighted by atomic mass is 35.5. The molecule has 1 atom stereocenters. The summed E-state index contributed by atoms with van der Waals surface area (Å²) in [6.45, 7) is 1.65. The Labute approximate surface area is 138 Å². The number of ether oxygens (including phenoxy) is 2. The van der Waals surface area contributed by atoms with E-state index in [9.17, 15) is 4.79 Å². The SMILES string of the molecule is COc1ccccc1O[C@H](C)C(=O)Nc1cc(Cl)cc(Cl)c1. The monoisotopic (exact) mass is 339 g/mol. The topological polar surface area (TPSA) is 47.6 Å². The van der Waals surface area contributed by atoms with Crippen LogP contribution in [0.3, 0.4) is 0 Å². The van der Waals surface area contributed by atoms with Crippen LogP contribution in [0.5, 0.6) is 11.5 Å². The largest absolute Gasteiger partial charge is 0.493 e. The number of amides is 1. The van der Waals surface area contributed by atoms with Crippen LogP contribution < -0.4 is 14.8 Å². The molecule has 116 valence electrons. The zero-order chi connectivity index (χ0) is 16.1. The van der Waals surface area contributed by atoms with Crippen LogP contribution in [0.25, 0.3) is 0 Å². The quantitative estimate of drug-likeness (QED) is 0.877. The van der Waals surface area contributed by atoms with E-state index in [1.165, 1.54) is 0 Å². The number of carbonyl (C=O) groups excluding carboxylic acids is 1. The standard InChI is InChI=1S/C16H15Cl2NO3/c1-10(22-15-6-4-3-5-14(15)21-2)16(20)19-13-8-11(17)7-12(18)9-13/h3-10H,1-2H3,(H,19,20)/t10-/m1/s1. The van der Waals surface area contributed by atoms with Gasteiger partial charge < -0.3 is 14.8 Å². The van der Waals surface area contributed by atoms with E-state index in [0.29, 0.717) is 27.2 Å². The van der Waals surface area contributed by atoms with E-state index in [1.54, 1.807) is 50.4 Å². The van der Waals surface area contributed by atoms with Crippen molar-refractivity contribution in [2.24, 2.45) is 0 Å². The fourth-order valence-electron chi connectivity index (χ4n) is 1.83. The molecule has 0 saturated carbocycles. The smallest absolute Gasteiger partial charge is 0.265 e. The number of halogens is 2. The number of carbonyl (C=O) groups is 1. The molecule has 0 bridgehead atoms. The summed E-state index contributed by atoms with van der Waals surface area (Å²) in [6, 6.07) is 11.9. The van der Waals surface area contributed by atoms with Crippen molar-refractivity contribution in [1.29, 1.82) is 0 Å². The predicted octanol–water partition coefficient (Wildman–Crippen LogP) is 4.41. The number of hydrogen-bond donors (Lipinski definition) is 1. The average molecular weight is 340 g/mol. The number of hydrogen-bond acceptors (Lipinski definition) is 3. The van der Waals surface area contributed by atoms with Gasteiger partial charge in [-0.2, -0.15) is 0 Å². The minimum atomic E-state index is -0.714. The molecule has 0 unspecified atom stereocenters. The summed E-state index contributed by atoms with van der Waals surface area (Å²) in [5.74, 6) is 0.744. The van der Waals surface area contributed by atoms with Crippen LogP contribution in [0.1, 0.15) is 6.92 Å². The van der Waals surface area contributed by atoms with Gasteiger partial charge in [-0.1, -0.05) is 35.3 Å². The zero-order valence-electron chi connectivity index (χ0n) is 12.1. The van der Waals surface area contributed by atoms with Crippen LogP contribution in [0.15, 0.2) is 42.5 Å². The molecule has 2 rings (SSSR count). The molecule has 0 aromatic heterocycles. The Kier molecular flexibility index (Phi) is 5.52. The second-order valence-electron chi connectivity index (χ2n) is 4.56. The van der Waals surface area contributed by atoms with E-state index in [4.69, 9.17) is 32.7 Å². The second-order valence-corrected chi connectivity index (χ2v) is 5.43. The highest BCUT2D eigenvalue weighted by Gasteiger charge is 2.17. The van der Waals surface area contributed by atoms with Gasteiger partial charge in [-0.05, 0) is 37.3 Å². The summed E-state index contributed by atoms with van der Waals surface area (Å²) in [4.78, 5) is 12.2. The fourth-order valence-corrected chi connectivity index (χ4v) is 2.36. The van der Waals surface area contributed by atoms with Crippen molar-refractivity contribution in [2.45, 2.75) is 13.0 Å². The van der Waals surface area contributed by atoms with Gasteiger partial charge in [0.2, 0.25) is 0 Å². The van der Waals surface area contributed by atoms with E-state index in [2.05, 4.69) is 5.32 Å². The number of rotatable bonds is 5. The third-order valence-electron chi connectivity index (χ3n) is 2.87. The molecule has 0 spiro atoms. The highest BCUT2D eigenvalue weighted by molar-refractivity contribution is 6.35. The maximum atomic E-state index is 12.2. The summed E-state index contributed by atoms with van der Waals surface area (Å²) in [5, 5.41) is 3.60. The summed E-state index contributed by atoms with van der Waals surface area (Å²) >= 11 is 11.8. The Hall–Kier alpha value is -1.91. The molecule has 0 fully saturated rings. The lowest BCUT2D eigenvalue weighted by molar-refractivity contribution is -0.122. The van der Waals surface area contributed by atoms with Gasteiger partial charge >= 0.3 is 0 Å². The first-order chi connectivity index (χ1) is 10.5. The number of nitrogens with one attached hydrogen (secondary N) is 1. The number of para-hydroxylation sites is 2. The Balaban J connectivity index is 2.06. The third-order valence-corrected chi connectivity index (χ3v) is 3.31. The minimum absolute atomic E-state index is 0.316. The van der Waals surface area contributed by atoms with Crippen molar-refractivity contribution < 1.29 is 14.3 Å². The molecular weight excluding hydrogens is 325 g/mol. The van der Waals surface area contributed by atoms with E-state index in [0.717, 1.165) is 0 Å². The van der Waals surface area contributed by atoms with Gasteiger partial charge in [0.25, 0.3) is 5.91 Å². The van der Waals surface area contributed by atoms with Crippen LogP contribution in [0.2, 0.25) is 10.0 Å². The maximum Gasteiger partial charge on any atom is 0.265 e. The molecule has 0 aliphatic carbocycles. The molecule has 0 aliphatic heterocycles. The molecule has 0 saturated heterocycles. The van der Waals surface area contributed by atoms with Crippen molar-refractivity contribution in [1.82, 2.24) is 0 Å². The predicted molar refractivity (Wildman–Crippen MR) is 88.2 cm³/mol. The first kappa shape index (κ1) is 16.5. The lowest BCUT2D eigenvalue weighted by Gasteiger charge is -2.16. The van der Waals surface area contributed by atoms with Crippen LogP contribution in [-0.2, 0) is 4.79 Å². The highest BCUT2D eigenvalue weighted by Crippen LogP contribution is 2.27. The van der Waals surface area contributed by atoms with Gasteiger partial charge in [-0.25, -0.2) is 0 Å². The summed E-state index contributed by atoms with van der Waals surface area (Å²) in [7, 11) is 1.54. The number of anilines is 1. The molecule has 2 aromatic carbocycles. The lowest BCUT2D eigenvalue weighted by Crippen LogP contribution is -2.30. The lowest BCUT2D eigenvalue weighted by atomic mass is 10.3. The van der Waals surface area contributed by atoms with Gasteiger partial charge in [0.15, 0.2) is 17.6 Å². The average Bonchev–Trinajstić information content (AvgIpc) is 2.46. The molecule has 22 heavy (non-hydrogen) atoms. The molecule has 1 N–H and O–H groups in total. The molecule has 0 aliphatic rings. The van der Waals surface area contributed by atoms with E-state index < -0.39 is 6.10 Å². The van der Waals surface area contributed by atoms with Gasteiger partial charge in [0, 0.05) is 15.7 Å². The number of methoxy groups -OCH3 is 1. The Morgan fingerprint density at radius 3 is 2.27 bits per heavy atom. The molecule has 2 aromatic rings. The van der Waals surface area contributed by atoms with Crippen molar-refractivity contribution in [2.75, 3.05) is 12.4 Å². The van der Waals surface area contributed by atoms with Crippen molar-refractivity contribution in [3.63, 3.8) is 0 Å². The zero-order valence-corrected chi connectivity index (χ0v) is 13.6. The van der Waals surface area contributed by atoms with Crippen LogP contribution in [-0.4, -0.2) is 19.1 Å². The Morgan fingerprint density at radius 1 is 1.09 bits per heavy atom. The van der Waals surface area contributed by atoms with E-state index in [1.807, 2.05) is 6.07 Å². The molecule has 0 heterocycles. The summed E-state index contributed by atoms with van der Waals surface area (Å²) in [5.41, 5.74) is 0.512. The minimum Gasteiger partial charge on any atom is -0.493 e. The normalized spacial score (nSPS) is 11.6.